The molecular formula is C31H35N3O7. The molecule has 10 nitrogen and oxygen atoms in total. The molecule has 3 amide bonds. The number of hydrogen-bond donors (Lipinski definition) is 2. The van der Waals surface area contributed by atoms with Crippen LogP contribution in [0.3, 0.4) is 0 Å². The highest BCUT2D eigenvalue weighted by molar-refractivity contribution is 5.97. The molecule has 3 aromatic rings. The highest BCUT2D eigenvalue weighted by Crippen LogP contribution is 2.34. The zero-order valence-electron chi connectivity index (χ0n) is 23.3. The van der Waals surface area contributed by atoms with E-state index in [1.54, 1.807) is 67.8 Å². The molecule has 1 aliphatic heterocycles. The maximum atomic E-state index is 13.8. The first-order valence-electron chi connectivity index (χ1n) is 13.5. The SMILES string of the molecule is CCOCCCNC(=O)[C@@H](c1ccc(OC)cc1)N(Cc1ccc2c(c1)OCO2)C(=O)CNC(=O)c1ccccc1. The van der Waals surface area contributed by atoms with E-state index in [0.717, 1.165) is 5.56 Å². The van der Waals surface area contributed by atoms with Crippen molar-refractivity contribution in [2.24, 2.45) is 0 Å². The Morgan fingerprint density at radius 3 is 2.44 bits per heavy atom. The molecule has 1 heterocycles. The van der Waals surface area contributed by atoms with Crippen molar-refractivity contribution in [3.63, 3.8) is 0 Å². The van der Waals surface area contributed by atoms with Crippen LogP contribution in [0.4, 0.5) is 0 Å². The molecule has 4 rings (SSSR count). The third-order valence-electron chi connectivity index (χ3n) is 6.51. The number of nitrogens with zero attached hydrogens (tertiary/aromatic N) is 1. The van der Waals surface area contributed by atoms with Crippen molar-refractivity contribution in [3.05, 3.63) is 89.5 Å². The van der Waals surface area contributed by atoms with Crippen LogP contribution < -0.4 is 24.8 Å². The van der Waals surface area contributed by atoms with E-state index in [-0.39, 0.29) is 31.7 Å². The Hall–Kier alpha value is -4.57. The molecule has 0 saturated heterocycles. The van der Waals surface area contributed by atoms with E-state index >= 15 is 0 Å². The van der Waals surface area contributed by atoms with Crippen LogP contribution in [0.1, 0.15) is 40.9 Å². The van der Waals surface area contributed by atoms with Crippen molar-refractivity contribution in [1.82, 2.24) is 15.5 Å². The van der Waals surface area contributed by atoms with Gasteiger partial charge in [0.2, 0.25) is 18.6 Å². The summed E-state index contributed by atoms with van der Waals surface area (Å²) in [5.74, 6) is 0.623. The van der Waals surface area contributed by atoms with Gasteiger partial charge in [-0.3, -0.25) is 14.4 Å². The fourth-order valence-electron chi connectivity index (χ4n) is 4.39. The number of nitrogens with one attached hydrogen (secondary N) is 2. The Labute approximate surface area is 239 Å². The summed E-state index contributed by atoms with van der Waals surface area (Å²) < 4.78 is 21.6. The number of hydrogen-bond acceptors (Lipinski definition) is 7. The zero-order chi connectivity index (χ0) is 29.0. The molecule has 216 valence electrons. The van der Waals surface area contributed by atoms with Gasteiger partial charge in [-0.15, -0.1) is 0 Å². The molecule has 0 saturated carbocycles. The van der Waals surface area contributed by atoms with Gasteiger partial charge in [-0.2, -0.15) is 0 Å². The average molecular weight is 562 g/mol. The Balaban J connectivity index is 1.62. The van der Waals surface area contributed by atoms with Crippen LogP contribution in [0.15, 0.2) is 72.8 Å². The van der Waals surface area contributed by atoms with Crippen molar-refractivity contribution < 1.29 is 33.3 Å². The van der Waals surface area contributed by atoms with Crippen LogP contribution in [-0.2, 0) is 20.9 Å². The maximum Gasteiger partial charge on any atom is 0.251 e. The van der Waals surface area contributed by atoms with Crippen LogP contribution in [0.2, 0.25) is 0 Å². The number of methoxy groups -OCH3 is 1. The largest absolute Gasteiger partial charge is 0.497 e. The first-order chi connectivity index (χ1) is 20.0. The fraction of sp³-hybridized carbons (Fsp3) is 0.323. The Bertz CT molecular complexity index is 1320. The van der Waals surface area contributed by atoms with Gasteiger partial charge in [0.05, 0.1) is 13.7 Å². The number of rotatable bonds is 14. The third-order valence-corrected chi connectivity index (χ3v) is 6.51. The smallest absolute Gasteiger partial charge is 0.251 e. The number of amides is 3. The van der Waals surface area contributed by atoms with Gasteiger partial charge < -0.3 is 34.5 Å². The molecule has 0 aliphatic carbocycles. The summed E-state index contributed by atoms with van der Waals surface area (Å²) in [6.45, 7) is 3.29. The second-order valence-electron chi connectivity index (χ2n) is 9.28. The molecule has 0 unspecified atom stereocenters. The van der Waals surface area contributed by atoms with Crippen molar-refractivity contribution in [1.29, 1.82) is 0 Å². The quantitative estimate of drug-likeness (QED) is 0.290. The minimum Gasteiger partial charge on any atom is -0.497 e. The lowest BCUT2D eigenvalue weighted by Gasteiger charge is -2.32. The van der Waals surface area contributed by atoms with Crippen LogP contribution >= 0.6 is 0 Å². The van der Waals surface area contributed by atoms with Gasteiger partial charge in [0.25, 0.3) is 5.91 Å². The molecule has 41 heavy (non-hydrogen) atoms. The number of ether oxygens (including phenoxy) is 4. The number of benzene rings is 3. The van der Waals surface area contributed by atoms with Gasteiger partial charge >= 0.3 is 0 Å². The van der Waals surface area contributed by atoms with Gasteiger partial charge in [-0.05, 0) is 60.9 Å². The first kappa shape index (κ1) is 29.4. The molecule has 2 N–H and O–H groups in total. The predicted octanol–water partition coefficient (Wildman–Crippen LogP) is 3.47. The lowest BCUT2D eigenvalue weighted by Crippen LogP contribution is -2.47. The van der Waals surface area contributed by atoms with Crippen molar-refractivity contribution in [2.75, 3.05) is 40.2 Å². The highest BCUT2D eigenvalue weighted by atomic mass is 16.7. The fourth-order valence-corrected chi connectivity index (χ4v) is 4.39. The summed E-state index contributed by atoms with van der Waals surface area (Å²) in [6.07, 6.45) is 0.623. The number of fused-ring (bicyclic) bond motifs is 1. The van der Waals surface area contributed by atoms with Crippen LogP contribution in [0, 0.1) is 0 Å². The molecule has 0 radical (unpaired) electrons. The van der Waals surface area contributed by atoms with Crippen LogP contribution in [0.25, 0.3) is 0 Å². The second kappa shape index (κ2) is 14.7. The lowest BCUT2D eigenvalue weighted by atomic mass is 10.0. The van der Waals surface area contributed by atoms with Crippen molar-refractivity contribution in [3.8, 4) is 17.2 Å². The molecular weight excluding hydrogens is 526 g/mol. The Kier molecular flexibility index (Phi) is 10.6. The van der Waals surface area contributed by atoms with Gasteiger partial charge in [-0.25, -0.2) is 0 Å². The van der Waals surface area contributed by atoms with Gasteiger partial charge in [0.15, 0.2) is 11.5 Å². The summed E-state index contributed by atoms with van der Waals surface area (Å²) >= 11 is 0. The monoisotopic (exact) mass is 561 g/mol. The lowest BCUT2D eigenvalue weighted by molar-refractivity contribution is -0.140. The zero-order valence-corrected chi connectivity index (χ0v) is 23.3. The first-order valence-corrected chi connectivity index (χ1v) is 13.5. The Morgan fingerprint density at radius 1 is 0.951 bits per heavy atom. The summed E-state index contributed by atoms with van der Waals surface area (Å²) in [5, 5.41) is 5.64. The van der Waals surface area contributed by atoms with E-state index < -0.39 is 11.9 Å². The molecule has 0 fully saturated rings. The molecule has 0 spiro atoms. The van der Waals surface area contributed by atoms with E-state index in [0.29, 0.717) is 54.6 Å². The number of carbonyl (C=O) groups is 3. The summed E-state index contributed by atoms with van der Waals surface area (Å²) in [7, 11) is 1.56. The van der Waals surface area contributed by atoms with E-state index in [9.17, 15) is 14.4 Å². The average Bonchev–Trinajstić information content (AvgIpc) is 3.48. The van der Waals surface area contributed by atoms with E-state index in [1.165, 1.54) is 4.90 Å². The summed E-state index contributed by atoms with van der Waals surface area (Å²) in [6, 6.07) is 20.0. The minimum atomic E-state index is -0.987. The molecule has 1 atom stereocenters. The standard InChI is InChI=1S/C31H35N3O7/c1-3-39-17-7-16-32-31(37)29(23-11-13-25(38-2)14-12-23)34(20-22-10-15-26-27(18-22)41-21-40-26)28(35)19-33-30(36)24-8-5-4-6-9-24/h4-6,8-15,18,29H,3,7,16-17,19-21H2,1-2H3,(H,32,37)(H,33,36)/t29-/m1/s1. The van der Waals surface area contributed by atoms with Crippen molar-refractivity contribution in [2.45, 2.75) is 25.9 Å². The second-order valence-corrected chi connectivity index (χ2v) is 9.28. The normalized spacial score (nSPS) is 12.3. The molecule has 10 heteroatoms. The van der Waals surface area contributed by atoms with Crippen LogP contribution in [-0.4, -0.2) is 62.8 Å². The minimum absolute atomic E-state index is 0.0831. The van der Waals surface area contributed by atoms with E-state index in [2.05, 4.69) is 10.6 Å². The molecule has 3 aromatic carbocycles. The molecule has 0 bridgehead atoms. The summed E-state index contributed by atoms with van der Waals surface area (Å²) in [4.78, 5) is 41.7. The van der Waals surface area contributed by atoms with Gasteiger partial charge in [-0.1, -0.05) is 36.4 Å². The van der Waals surface area contributed by atoms with Crippen LogP contribution in [0.5, 0.6) is 17.2 Å². The highest BCUT2D eigenvalue weighted by Gasteiger charge is 2.32. The maximum absolute atomic E-state index is 13.8. The van der Waals surface area contributed by atoms with Gasteiger partial charge in [0.1, 0.15) is 11.8 Å². The predicted molar refractivity (Wildman–Crippen MR) is 152 cm³/mol. The third kappa shape index (κ3) is 7.98. The van der Waals surface area contributed by atoms with Gasteiger partial charge in [0, 0.05) is 31.9 Å². The number of carbonyl (C=O) groups excluding carboxylic acids is 3. The van der Waals surface area contributed by atoms with Crippen molar-refractivity contribution >= 4 is 17.7 Å². The molecule has 1 aliphatic rings. The molecule has 0 aromatic heterocycles. The van der Waals surface area contributed by atoms with E-state index in [4.69, 9.17) is 18.9 Å². The summed E-state index contributed by atoms with van der Waals surface area (Å²) in [5.41, 5.74) is 1.76. The topological polar surface area (TPSA) is 115 Å². The van der Waals surface area contributed by atoms with E-state index in [1.807, 2.05) is 19.1 Å². The Morgan fingerprint density at radius 2 is 1.71 bits per heavy atom.